The Hall–Kier alpha value is -2.70. The van der Waals surface area contributed by atoms with Crippen molar-refractivity contribution in [1.82, 2.24) is 15.5 Å². The molecule has 1 aromatic heterocycles. The van der Waals surface area contributed by atoms with E-state index in [1.54, 1.807) is 48.5 Å². The van der Waals surface area contributed by atoms with Crippen LogP contribution in [0.5, 0.6) is 0 Å². The van der Waals surface area contributed by atoms with Crippen molar-refractivity contribution in [1.29, 1.82) is 0 Å². The number of amides is 1. The molecule has 0 aliphatic carbocycles. The Labute approximate surface area is 143 Å². The van der Waals surface area contributed by atoms with Crippen molar-refractivity contribution >= 4 is 17.5 Å². The van der Waals surface area contributed by atoms with Gasteiger partial charge in [0.15, 0.2) is 6.10 Å². The number of nitrogens with one attached hydrogen (secondary N) is 1. The summed E-state index contributed by atoms with van der Waals surface area (Å²) in [6, 6.07) is 15.7. The van der Waals surface area contributed by atoms with Gasteiger partial charge >= 0.3 is 0 Å². The highest BCUT2D eigenvalue weighted by Crippen LogP contribution is 2.20. The van der Waals surface area contributed by atoms with Gasteiger partial charge in [-0.1, -0.05) is 59.2 Å². The van der Waals surface area contributed by atoms with Crippen LogP contribution in [0.25, 0.3) is 11.4 Å². The number of halogens is 1. The molecule has 7 heteroatoms. The minimum absolute atomic E-state index is 0.0241. The highest BCUT2D eigenvalue weighted by atomic mass is 35.5. The van der Waals surface area contributed by atoms with Gasteiger partial charge in [0.1, 0.15) is 0 Å². The highest BCUT2D eigenvalue weighted by molar-refractivity contribution is 6.30. The summed E-state index contributed by atoms with van der Waals surface area (Å²) in [5.41, 5.74) is 1.23. The zero-order valence-electron chi connectivity index (χ0n) is 12.5. The molecule has 2 aromatic carbocycles. The van der Waals surface area contributed by atoms with Crippen LogP contribution in [0.1, 0.15) is 17.6 Å². The molecule has 0 saturated carbocycles. The molecule has 0 spiro atoms. The number of carbonyl (C=O) groups excluding carboxylic acids is 1. The second-order valence-electron chi connectivity index (χ2n) is 5.05. The molecule has 0 fully saturated rings. The third-order valence-corrected chi connectivity index (χ3v) is 3.56. The van der Waals surface area contributed by atoms with Crippen molar-refractivity contribution in [3.63, 3.8) is 0 Å². The Morgan fingerprint density at radius 2 is 2.00 bits per heavy atom. The van der Waals surface area contributed by atoms with Gasteiger partial charge in [-0.05, 0) is 17.7 Å². The van der Waals surface area contributed by atoms with Crippen molar-refractivity contribution in [2.45, 2.75) is 12.6 Å². The SMILES string of the molecule is O=C(NCc1nc(-c2cccc(Cl)c2)no1)C(O)c1ccccc1. The van der Waals surface area contributed by atoms with Crippen molar-refractivity contribution in [3.8, 4) is 11.4 Å². The summed E-state index contributed by atoms with van der Waals surface area (Å²) in [5.74, 6) is 0.0765. The van der Waals surface area contributed by atoms with Gasteiger partial charge in [0.2, 0.25) is 11.7 Å². The van der Waals surface area contributed by atoms with Gasteiger partial charge in [0.25, 0.3) is 5.91 Å². The quantitative estimate of drug-likeness (QED) is 0.743. The summed E-state index contributed by atoms with van der Waals surface area (Å²) >= 11 is 5.93. The maximum atomic E-state index is 12.0. The van der Waals surface area contributed by atoms with E-state index in [0.717, 1.165) is 0 Å². The zero-order chi connectivity index (χ0) is 16.9. The molecule has 1 atom stereocenters. The third kappa shape index (κ3) is 3.79. The Morgan fingerprint density at radius 3 is 2.75 bits per heavy atom. The molecule has 3 aromatic rings. The maximum Gasteiger partial charge on any atom is 0.253 e. The maximum absolute atomic E-state index is 12.0. The van der Waals surface area contributed by atoms with E-state index >= 15 is 0 Å². The number of carbonyl (C=O) groups is 1. The van der Waals surface area contributed by atoms with E-state index in [0.29, 0.717) is 22.0 Å². The number of rotatable bonds is 5. The molecule has 1 heterocycles. The van der Waals surface area contributed by atoms with Gasteiger partial charge in [0, 0.05) is 10.6 Å². The average molecular weight is 344 g/mol. The van der Waals surface area contributed by atoms with Gasteiger partial charge in [-0.3, -0.25) is 4.79 Å². The molecule has 1 amide bonds. The lowest BCUT2D eigenvalue weighted by molar-refractivity contribution is -0.129. The molecule has 6 nitrogen and oxygen atoms in total. The highest BCUT2D eigenvalue weighted by Gasteiger charge is 2.18. The average Bonchev–Trinajstić information content (AvgIpc) is 3.09. The number of aliphatic hydroxyl groups excluding tert-OH is 1. The van der Waals surface area contributed by atoms with E-state index in [9.17, 15) is 9.90 Å². The smallest absolute Gasteiger partial charge is 0.253 e. The first kappa shape index (κ1) is 16.2. The molecule has 1 unspecified atom stereocenters. The predicted octanol–water partition coefficient (Wildman–Crippen LogP) is 2.74. The van der Waals surface area contributed by atoms with Gasteiger partial charge in [-0.25, -0.2) is 0 Å². The zero-order valence-corrected chi connectivity index (χ0v) is 13.3. The molecule has 0 radical (unpaired) electrons. The normalized spacial score (nSPS) is 11.9. The van der Waals surface area contributed by atoms with Crippen LogP contribution in [0.15, 0.2) is 59.1 Å². The number of aliphatic hydroxyl groups is 1. The lowest BCUT2D eigenvalue weighted by atomic mass is 10.1. The van der Waals surface area contributed by atoms with E-state index in [4.69, 9.17) is 16.1 Å². The topological polar surface area (TPSA) is 88.3 Å². The summed E-state index contributed by atoms with van der Waals surface area (Å²) in [7, 11) is 0. The van der Waals surface area contributed by atoms with Gasteiger partial charge in [-0.15, -0.1) is 0 Å². The molecule has 0 aliphatic rings. The predicted molar refractivity (Wildman–Crippen MR) is 88.0 cm³/mol. The molecule has 0 saturated heterocycles. The van der Waals surface area contributed by atoms with Crippen LogP contribution in [0.4, 0.5) is 0 Å². The monoisotopic (exact) mass is 343 g/mol. The van der Waals surface area contributed by atoms with Gasteiger partial charge in [0.05, 0.1) is 6.54 Å². The van der Waals surface area contributed by atoms with E-state index in [1.165, 1.54) is 0 Å². The van der Waals surface area contributed by atoms with Crippen molar-refractivity contribution in [3.05, 3.63) is 71.1 Å². The minimum atomic E-state index is -1.25. The van der Waals surface area contributed by atoms with Crippen molar-refractivity contribution in [2.24, 2.45) is 0 Å². The number of hydrogen-bond acceptors (Lipinski definition) is 5. The van der Waals surface area contributed by atoms with Gasteiger partial charge < -0.3 is 14.9 Å². The lowest BCUT2D eigenvalue weighted by Crippen LogP contribution is -2.28. The summed E-state index contributed by atoms with van der Waals surface area (Å²) in [5, 5.41) is 17.0. The third-order valence-electron chi connectivity index (χ3n) is 3.33. The molecular weight excluding hydrogens is 330 g/mol. The first-order chi connectivity index (χ1) is 11.6. The molecular formula is C17H14ClN3O3. The summed E-state index contributed by atoms with van der Waals surface area (Å²) in [6.07, 6.45) is -1.25. The van der Waals surface area contributed by atoms with Crippen LogP contribution in [0.2, 0.25) is 5.02 Å². The molecule has 24 heavy (non-hydrogen) atoms. The van der Waals surface area contributed by atoms with Crippen molar-refractivity contribution in [2.75, 3.05) is 0 Å². The van der Waals surface area contributed by atoms with E-state index in [-0.39, 0.29) is 12.4 Å². The van der Waals surface area contributed by atoms with Crippen LogP contribution < -0.4 is 5.32 Å². The van der Waals surface area contributed by atoms with Crippen LogP contribution in [-0.4, -0.2) is 21.2 Å². The van der Waals surface area contributed by atoms with Crippen LogP contribution >= 0.6 is 11.6 Å². The van der Waals surface area contributed by atoms with Gasteiger partial charge in [-0.2, -0.15) is 4.98 Å². The first-order valence-corrected chi connectivity index (χ1v) is 7.60. The summed E-state index contributed by atoms with van der Waals surface area (Å²) in [6.45, 7) is 0.0241. The second kappa shape index (κ2) is 7.25. The fraction of sp³-hybridized carbons (Fsp3) is 0.118. The minimum Gasteiger partial charge on any atom is -0.378 e. The molecule has 2 N–H and O–H groups in total. The van der Waals surface area contributed by atoms with Crippen LogP contribution in [0.3, 0.4) is 0 Å². The Kier molecular flexibility index (Phi) is 4.88. The van der Waals surface area contributed by atoms with E-state index < -0.39 is 12.0 Å². The Bertz CT molecular complexity index is 836. The number of aromatic nitrogens is 2. The fourth-order valence-electron chi connectivity index (χ4n) is 2.12. The summed E-state index contributed by atoms with van der Waals surface area (Å²) < 4.78 is 5.09. The molecule has 3 rings (SSSR count). The number of nitrogens with zero attached hydrogens (tertiary/aromatic N) is 2. The molecule has 0 bridgehead atoms. The Balaban J connectivity index is 1.62. The standard InChI is InChI=1S/C17H14ClN3O3/c18-13-8-4-7-12(9-13)16-20-14(24-21-16)10-19-17(23)15(22)11-5-2-1-3-6-11/h1-9,15,22H,10H2,(H,19,23). The summed E-state index contributed by atoms with van der Waals surface area (Å²) in [4.78, 5) is 16.2. The van der Waals surface area contributed by atoms with Crippen LogP contribution in [0, 0.1) is 0 Å². The van der Waals surface area contributed by atoms with E-state index in [1.807, 2.05) is 6.07 Å². The Morgan fingerprint density at radius 1 is 1.21 bits per heavy atom. The second-order valence-corrected chi connectivity index (χ2v) is 5.49. The number of hydrogen-bond donors (Lipinski definition) is 2. The number of benzene rings is 2. The molecule has 122 valence electrons. The fourth-order valence-corrected chi connectivity index (χ4v) is 2.31. The largest absolute Gasteiger partial charge is 0.378 e. The first-order valence-electron chi connectivity index (χ1n) is 7.23. The van der Waals surface area contributed by atoms with E-state index in [2.05, 4.69) is 15.5 Å². The van der Waals surface area contributed by atoms with Crippen LogP contribution in [-0.2, 0) is 11.3 Å². The molecule has 0 aliphatic heterocycles. The lowest BCUT2D eigenvalue weighted by Gasteiger charge is -2.10. The van der Waals surface area contributed by atoms with Crippen molar-refractivity contribution < 1.29 is 14.4 Å².